The lowest BCUT2D eigenvalue weighted by atomic mass is 10.1. The molecule has 0 aliphatic heterocycles. The van der Waals surface area contributed by atoms with E-state index >= 15 is 0 Å². The van der Waals surface area contributed by atoms with E-state index < -0.39 is 0 Å². The van der Waals surface area contributed by atoms with Crippen LogP contribution in [0, 0.1) is 24.1 Å². The fraction of sp³-hybridized carbons (Fsp3) is 0.150. The first-order valence-corrected chi connectivity index (χ1v) is 8.23. The smallest absolute Gasteiger partial charge is 0.224 e. The van der Waals surface area contributed by atoms with Gasteiger partial charge in [0.15, 0.2) is 0 Å². The van der Waals surface area contributed by atoms with Gasteiger partial charge in [0.05, 0.1) is 11.6 Å². The number of aryl methyl sites for hydroxylation is 1. The van der Waals surface area contributed by atoms with E-state index in [9.17, 15) is 4.39 Å². The molecule has 0 amide bonds. The van der Waals surface area contributed by atoms with Crippen LogP contribution in [0.5, 0.6) is 0 Å². The minimum Gasteiger partial charge on any atom is -0.354 e. The van der Waals surface area contributed by atoms with Crippen LogP contribution in [0.25, 0.3) is 0 Å². The van der Waals surface area contributed by atoms with Crippen LogP contribution in [0.3, 0.4) is 0 Å². The summed E-state index contributed by atoms with van der Waals surface area (Å²) in [6.07, 6.45) is 0.746. The third-order valence-electron chi connectivity index (χ3n) is 3.75. The van der Waals surface area contributed by atoms with Gasteiger partial charge in [-0.3, -0.25) is 0 Å². The van der Waals surface area contributed by atoms with Crippen molar-refractivity contribution in [1.29, 1.82) is 5.26 Å². The van der Waals surface area contributed by atoms with E-state index in [1.807, 2.05) is 25.1 Å². The van der Waals surface area contributed by atoms with Crippen LogP contribution < -0.4 is 10.6 Å². The predicted molar refractivity (Wildman–Crippen MR) is 99.8 cm³/mol. The molecule has 130 valence electrons. The molecule has 6 heteroatoms. The van der Waals surface area contributed by atoms with Crippen LogP contribution in [0.2, 0.25) is 0 Å². The second kappa shape index (κ2) is 8.08. The van der Waals surface area contributed by atoms with E-state index in [4.69, 9.17) is 5.26 Å². The summed E-state index contributed by atoms with van der Waals surface area (Å²) in [6, 6.07) is 17.6. The van der Waals surface area contributed by atoms with E-state index in [-0.39, 0.29) is 5.82 Å². The molecule has 0 atom stereocenters. The van der Waals surface area contributed by atoms with Crippen molar-refractivity contribution in [3.63, 3.8) is 0 Å². The summed E-state index contributed by atoms with van der Waals surface area (Å²) in [5.74, 6) is 0.969. The molecule has 0 aliphatic carbocycles. The zero-order valence-corrected chi connectivity index (χ0v) is 14.3. The summed E-state index contributed by atoms with van der Waals surface area (Å²) < 4.78 is 12.9. The average Bonchev–Trinajstić information content (AvgIpc) is 2.64. The molecule has 1 heterocycles. The number of anilines is 3. The number of nitrogens with one attached hydrogen (secondary N) is 2. The molecule has 3 rings (SSSR count). The number of hydrogen-bond acceptors (Lipinski definition) is 5. The predicted octanol–water partition coefficient (Wildman–Crippen LogP) is 4.19. The number of rotatable bonds is 6. The highest BCUT2D eigenvalue weighted by molar-refractivity contribution is 5.58. The normalized spacial score (nSPS) is 10.2. The highest BCUT2D eigenvalue weighted by Crippen LogP contribution is 2.17. The Kier molecular flexibility index (Phi) is 5.40. The molecule has 2 aromatic carbocycles. The Labute approximate surface area is 151 Å². The number of nitriles is 1. The molecule has 0 saturated heterocycles. The molecule has 0 spiro atoms. The van der Waals surface area contributed by atoms with Gasteiger partial charge < -0.3 is 10.6 Å². The molecule has 1 aromatic heterocycles. The first-order chi connectivity index (χ1) is 12.6. The SMILES string of the molecule is Cc1cc(Nc2ccc(C#N)cc2)nc(NCCc2ccc(F)cc2)n1. The molecule has 2 N–H and O–H groups in total. The summed E-state index contributed by atoms with van der Waals surface area (Å²) >= 11 is 0. The minimum atomic E-state index is -0.234. The lowest BCUT2D eigenvalue weighted by Crippen LogP contribution is -2.09. The van der Waals surface area contributed by atoms with Gasteiger partial charge in [-0.2, -0.15) is 10.2 Å². The quantitative estimate of drug-likeness (QED) is 0.699. The molecule has 5 nitrogen and oxygen atoms in total. The van der Waals surface area contributed by atoms with Gasteiger partial charge in [0.2, 0.25) is 5.95 Å². The molecule has 26 heavy (non-hydrogen) atoms. The van der Waals surface area contributed by atoms with E-state index in [0.717, 1.165) is 23.4 Å². The van der Waals surface area contributed by atoms with Gasteiger partial charge in [-0.15, -0.1) is 0 Å². The summed E-state index contributed by atoms with van der Waals surface area (Å²) in [5.41, 5.74) is 3.33. The van der Waals surface area contributed by atoms with Crippen molar-refractivity contribution in [2.75, 3.05) is 17.2 Å². The van der Waals surface area contributed by atoms with Crippen LogP contribution >= 0.6 is 0 Å². The Morgan fingerprint density at radius 3 is 2.46 bits per heavy atom. The van der Waals surface area contributed by atoms with Crippen LogP contribution in [-0.2, 0) is 6.42 Å². The zero-order valence-electron chi connectivity index (χ0n) is 14.3. The number of hydrogen-bond donors (Lipinski definition) is 2. The Balaban J connectivity index is 1.63. The zero-order chi connectivity index (χ0) is 18.4. The summed E-state index contributed by atoms with van der Waals surface area (Å²) in [5, 5.41) is 15.3. The number of halogens is 1. The van der Waals surface area contributed by atoms with Gasteiger partial charge >= 0.3 is 0 Å². The number of aromatic nitrogens is 2. The Hall–Kier alpha value is -3.46. The van der Waals surface area contributed by atoms with Crippen LogP contribution in [0.15, 0.2) is 54.6 Å². The average molecular weight is 347 g/mol. The topological polar surface area (TPSA) is 73.6 Å². The lowest BCUT2D eigenvalue weighted by molar-refractivity contribution is 0.627. The largest absolute Gasteiger partial charge is 0.354 e. The van der Waals surface area contributed by atoms with E-state index in [2.05, 4.69) is 26.7 Å². The van der Waals surface area contributed by atoms with Crippen molar-refractivity contribution in [3.05, 3.63) is 77.2 Å². The van der Waals surface area contributed by atoms with Crippen molar-refractivity contribution >= 4 is 17.5 Å². The highest BCUT2D eigenvalue weighted by atomic mass is 19.1. The Morgan fingerprint density at radius 1 is 1.04 bits per heavy atom. The monoisotopic (exact) mass is 347 g/mol. The van der Waals surface area contributed by atoms with Crippen LogP contribution in [0.1, 0.15) is 16.8 Å². The first kappa shape index (κ1) is 17.4. The molecule has 0 fully saturated rings. The van der Waals surface area contributed by atoms with Gasteiger partial charge in [0.1, 0.15) is 11.6 Å². The molecule has 0 saturated carbocycles. The molecular formula is C20H18FN5. The first-order valence-electron chi connectivity index (χ1n) is 8.23. The maximum atomic E-state index is 12.9. The summed E-state index contributed by atoms with van der Waals surface area (Å²) in [4.78, 5) is 8.84. The van der Waals surface area contributed by atoms with Crippen LogP contribution in [-0.4, -0.2) is 16.5 Å². The molecule has 0 aliphatic rings. The van der Waals surface area contributed by atoms with Crippen molar-refractivity contribution in [2.24, 2.45) is 0 Å². The Bertz CT molecular complexity index is 914. The molecule has 0 unspecified atom stereocenters. The second-order valence-corrected chi connectivity index (χ2v) is 5.84. The van der Waals surface area contributed by atoms with Gasteiger partial charge in [-0.05, 0) is 55.3 Å². The minimum absolute atomic E-state index is 0.234. The van der Waals surface area contributed by atoms with Gasteiger partial charge in [-0.25, -0.2) is 9.37 Å². The van der Waals surface area contributed by atoms with E-state index in [0.29, 0.717) is 23.9 Å². The second-order valence-electron chi connectivity index (χ2n) is 5.84. The summed E-state index contributed by atoms with van der Waals surface area (Å²) in [6.45, 7) is 2.54. The van der Waals surface area contributed by atoms with Gasteiger partial charge in [0, 0.05) is 24.0 Å². The Morgan fingerprint density at radius 2 is 1.77 bits per heavy atom. The third kappa shape index (κ3) is 4.77. The standard InChI is InChI=1S/C20H18FN5/c1-14-12-19(25-18-8-4-16(13-22)5-9-18)26-20(24-14)23-11-10-15-2-6-17(21)7-3-15/h2-9,12H,10-11H2,1H3,(H2,23,24,25,26). The van der Waals surface area contributed by atoms with Crippen molar-refractivity contribution in [1.82, 2.24) is 9.97 Å². The van der Waals surface area contributed by atoms with E-state index in [1.165, 1.54) is 12.1 Å². The third-order valence-corrected chi connectivity index (χ3v) is 3.75. The van der Waals surface area contributed by atoms with Gasteiger partial charge in [0.25, 0.3) is 0 Å². The van der Waals surface area contributed by atoms with Crippen molar-refractivity contribution in [2.45, 2.75) is 13.3 Å². The summed E-state index contributed by atoms with van der Waals surface area (Å²) in [7, 11) is 0. The number of nitrogens with zero attached hydrogens (tertiary/aromatic N) is 3. The van der Waals surface area contributed by atoms with Crippen LogP contribution in [0.4, 0.5) is 21.8 Å². The molecule has 0 bridgehead atoms. The highest BCUT2D eigenvalue weighted by Gasteiger charge is 2.03. The van der Waals surface area contributed by atoms with Gasteiger partial charge in [-0.1, -0.05) is 12.1 Å². The fourth-order valence-electron chi connectivity index (χ4n) is 2.46. The molecular weight excluding hydrogens is 329 g/mol. The fourth-order valence-corrected chi connectivity index (χ4v) is 2.46. The maximum absolute atomic E-state index is 12.9. The molecule has 0 radical (unpaired) electrons. The van der Waals surface area contributed by atoms with E-state index in [1.54, 1.807) is 24.3 Å². The molecule has 3 aromatic rings. The lowest BCUT2D eigenvalue weighted by Gasteiger charge is -2.10. The van der Waals surface area contributed by atoms with Crippen molar-refractivity contribution < 1.29 is 4.39 Å². The van der Waals surface area contributed by atoms with Crippen molar-refractivity contribution in [3.8, 4) is 6.07 Å². The number of benzene rings is 2. The maximum Gasteiger partial charge on any atom is 0.224 e.